The molecule has 0 saturated carbocycles. The van der Waals surface area contributed by atoms with Gasteiger partial charge < -0.3 is 15.4 Å². The highest BCUT2D eigenvalue weighted by atomic mass is 16.5. The molecule has 1 atom stereocenters. The van der Waals surface area contributed by atoms with Gasteiger partial charge in [-0.25, -0.2) is 0 Å². The molecule has 19 heavy (non-hydrogen) atoms. The zero-order chi connectivity index (χ0) is 13.7. The molecule has 1 aromatic rings. The Morgan fingerprint density at radius 2 is 2.11 bits per heavy atom. The van der Waals surface area contributed by atoms with Crippen LogP contribution in [0, 0.1) is 5.92 Å². The summed E-state index contributed by atoms with van der Waals surface area (Å²) in [5.74, 6) is 1.01. The molecule has 1 saturated heterocycles. The summed E-state index contributed by atoms with van der Waals surface area (Å²) >= 11 is 0. The summed E-state index contributed by atoms with van der Waals surface area (Å²) in [6, 6.07) is 7.53. The van der Waals surface area contributed by atoms with E-state index in [1.807, 2.05) is 38.1 Å². The molecule has 4 heteroatoms. The third-order valence-corrected chi connectivity index (χ3v) is 3.16. The number of nitrogens with one attached hydrogen (secondary N) is 2. The van der Waals surface area contributed by atoms with Crippen LogP contribution in [0.2, 0.25) is 0 Å². The fourth-order valence-corrected chi connectivity index (χ4v) is 2.21. The number of carbonyl (C=O) groups excluding carboxylic acids is 1. The number of piperidine rings is 1. The van der Waals surface area contributed by atoms with Crippen LogP contribution in [0.4, 0.5) is 5.69 Å². The molecule has 4 nitrogen and oxygen atoms in total. The Labute approximate surface area is 114 Å². The van der Waals surface area contributed by atoms with Crippen molar-refractivity contribution in [3.8, 4) is 5.75 Å². The van der Waals surface area contributed by atoms with Crippen molar-refractivity contribution in [3.63, 3.8) is 0 Å². The Kier molecular flexibility index (Phi) is 4.80. The van der Waals surface area contributed by atoms with Crippen molar-refractivity contribution < 1.29 is 9.53 Å². The van der Waals surface area contributed by atoms with Gasteiger partial charge in [0.2, 0.25) is 5.91 Å². The van der Waals surface area contributed by atoms with Crippen molar-refractivity contribution in [2.75, 3.05) is 18.4 Å². The maximum absolute atomic E-state index is 12.0. The highest BCUT2D eigenvalue weighted by Gasteiger charge is 2.20. The minimum absolute atomic E-state index is 0.0836. The first kappa shape index (κ1) is 13.9. The van der Waals surface area contributed by atoms with Crippen LogP contribution in [0.15, 0.2) is 24.3 Å². The molecule has 104 valence electrons. The fraction of sp³-hybridized carbons (Fsp3) is 0.533. The van der Waals surface area contributed by atoms with Crippen LogP contribution in [0.3, 0.4) is 0 Å². The quantitative estimate of drug-likeness (QED) is 0.876. The highest BCUT2D eigenvalue weighted by Crippen LogP contribution is 2.18. The summed E-state index contributed by atoms with van der Waals surface area (Å²) in [5.41, 5.74) is 0.826. The van der Waals surface area contributed by atoms with Crippen molar-refractivity contribution in [2.24, 2.45) is 5.92 Å². The molecule has 0 radical (unpaired) electrons. The monoisotopic (exact) mass is 262 g/mol. The molecular weight excluding hydrogens is 240 g/mol. The van der Waals surface area contributed by atoms with Gasteiger partial charge in [0, 0.05) is 12.2 Å². The molecule has 0 aliphatic carbocycles. The van der Waals surface area contributed by atoms with E-state index in [1.54, 1.807) is 0 Å². The molecule has 0 bridgehead atoms. The summed E-state index contributed by atoms with van der Waals surface area (Å²) in [5, 5.41) is 6.21. The van der Waals surface area contributed by atoms with Crippen molar-refractivity contribution in [2.45, 2.75) is 32.8 Å². The van der Waals surface area contributed by atoms with Crippen LogP contribution in [-0.2, 0) is 4.79 Å². The van der Waals surface area contributed by atoms with Crippen LogP contribution in [0.1, 0.15) is 26.7 Å². The predicted molar refractivity (Wildman–Crippen MR) is 76.4 cm³/mol. The molecule has 1 aliphatic rings. The van der Waals surface area contributed by atoms with E-state index in [0.717, 1.165) is 37.4 Å². The fourth-order valence-electron chi connectivity index (χ4n) is 2.21. The van der Waals surface area contributed by atoms with Crippen molar-refractivity contribution in [3.05, 3.63) is 24.3 Å². The number of amides is 1. The molecule has 1 heterocycles. The molecule has 1 fully saturated rings. The van der Waals surface area contributed by atoms with Crippen LogP contribution >= 0.6 is 0 Å². The lowest BCUT2D eigenvalue weighted by Gasteiger charge is -2.22. The Hall–Kier alpha value is -1.55. The third kappa shape index (κ3) is 4.24. The number of hydrogen-bond acceptors (Lipinski definition) is 3. The predicted octanol–water partition coefficient (Wildman–Crippen LogP) is 2.41. The van der Waals surface area contributed by atoms with E-state index in [-0.39, 0.29) is 17.9 Å². The molecule has 2 rings (SSSR count). The lowest BCUT2D eigenvalue weighted by Crippen LogP contribution is -2.37. The molecule has 0 spiro atoms. The van der Waals surface area contributed by atoms with Gasteiger partial charge in [0.05, 0.1) is 12.0 Å². The van der Waals surface area contributed by atoms with E-state index >= 15 is 0 Å². The van der Waals surface area contributed by atoms with Gasteiger partial charge >= 0.3 is 0 Å². The number of hydrogen-bond donors (Lipinski definition) is 2. The van der Waals surface area contributed by atoms with Crippen molar-refractivity contribution in [1.82, 2.24) is 5.32 Å². The second kappa shape index (κ2) is 6.57. The zero-order valence-corrected chi connectivity index (χ0v) is 11.6. The maximum Gasteiger partial charge on any atom is 0.228 e. The molecule has 0 aromatic heterocycles. The van der Waals surface area contributed by atoms with E-state index in [2.05, 4.69) is 10.6 Å². The minimum atomic E-state index is 0.0836. The van der Waals surface area contributed by atoms with E-state index in [4.69, 9.17) is 4.74 Å². The van der Waals surface area contributed by atoms with E-state index in [1.165, 1.54) is 0 Å². The number of ether oxygens (including phenoxy) is 1. The molecular formula is C15H22N2O2. The standard InChI is InChI=1S/C15H22N2O2/c1-11(2)19-14-7-5-13(6-8-14)17-15(18)12-4-3-9-16-10-12/h5-8,11-12,16H,3-4,9-10H2,1-2H3,(H,17,18)/t12-/m1/s1. The molecule has 0 unspecified atom stereocenters. The second-order valence-corrected chi connectivity index (χ2v) is 5.22. The average molecular weight is 262 g/mol. The van der Waals surface area contributed by atoms with Gasteiger partial charge in [-0.15, -0.1) is 0 Å². The number of carbonyl (C=O) groups is 1. The summed E-state index contributed by atoms with van der Waals surface area (Å²) in [6.07, 6.45) is 2.20. The van der Waals surface area contributed by atoms with Gasteiger partial charge in [0.1, 0.15) is 5.75 Å². The number of benzene rings is 1. The molecule has 2 N–H and O–H groups in total. The SMILES string of the molecule is CC(C)Oc1ccc(NC(=O)[C@@H]2CCCNC2)cc1. The van der Waals surface area contributed by atoms with Crippen molar-refractivity contribution >= 4 is 11.6 Å². The first-order valence-electron chi connectivity index (χ1n) is 6.93. The third-order valence-electron chi connectivity index (χ3n) is 3.16. The average Bonchev–Trinajstić information content (AvgIpc) is 2.41. The Morgan fingerprint density at radius 1 is 1.37 bits per heavy atom. The summed E-state index contributed by atoms with van der Waals surface area (Å²) in [6.45, 7) is 5.78. The van der Waals surface area contributed by atoms with Crippen LogP contribution < -0.4 is 15.4 Å². The minimum Gasteiger partial charge on any atom is -0.491 e. The van der Waals surface area contributed by atoms with Crippen LogP contribution in [0.5, 0.6) is 5.75 Å². The summed E-state index contributed by atoms with van der Waals surface area (Å²) in [7, 11) is 0. The van der Waals surface area contributed by atoms with Crippen molar-refractivity contribution in [1.29, 1.82) is 0 Å². The van der Waals surface area contributed by atoms with Gasteiger partial charge in [-0.1, -0.05) is 0 Å². The van der Waals surface area contributed by atoms with Gasteiger partial charge in [0.15, 0.2) is 0 Å². The van der Waals surface area contributed by atoms with E-state index in [0.29, 0.717) is 0 Å². The number of anilines is 1. The van der Waals surface area contributed by atoms with Gasteiger partial charge in [-0.05, 0) is 57.5 Å². The Bertz CT molecular complexity index is 409. The molecule has 1 amide bonds. The largest absolute Gasteiger partial charge is 0.491 e. The summed E-state index contributed by atoms with van der Waals surface area (Å²) < 4.78 is 5.57. The summed E-state index contributed by atoms with van der Waals surface area (Å²) in [4.78, 5) is 12.0. The van der Waals surface area contributed by atoms with E-state index in [9.17, 15) is 4.79 Å². The Morgan fingerprint density at radius 3 is 2.68 bits per heavy atom. The lowest BCUT2D eigenvalue weighted by atomic mass is 9.99. The Balaban J connectivity index is 1.89. The number of rotatable bonds is 4. The first-order chi connectivity index (χ1) is 9.15. The maximum atomic E-state index is 12.0. The van der Waals surface area contributed by atoms with Gasteiger partial charge in [-0.3, -0.25) is 4.79 Å². The normalized spacial score (nSPS) is 19.2. The van der Waals surface area contributed by atoms with Crippen LogP contribution in [-0.4, -0.2) is 25.1 Å². The highest BCUT2D eigenvalue weighted by molar-refractivity contribution is 5.92. The smallest absolute Gasteiger partial charge is 0.228 e. The first-order valence-corrected chi connectivity index (χ1v) is 6.93. The van der Waals surface area contributed by atoms with E-state index < -0.39 is 0 Å². The van der Waals surface area contributed by atoms with Gasteiger partial charge in [-0.2, -0.15) is 0 Å². The second-order valence-electron chi connectivity index (χ2n) is 5.22. The molecule has 1 aromatic carbocycles. The van der Waals surface area contributed by atoms with Crippen LogP contribution in [0.25, 0.3) is 0 Å². The lowest BCUT2D eigenvalue weighted by molar-refractivity contribution is -0.120. The zero-order valence-electron chi connectivity index (χ0n) is 11.6. The topological polar surface area (TPSA) is 50.4 Å². The molecule has 1 aliphatic heterocycles. The van der Waals surface area contributed by atoms with Gasteiger partial charge in [0.25, 0.3) is 0 Å².